The minimum absolute atomic E-state index is 0.101. The number of nitrogens with two attached hydrogens (primary N) is 2. The highest BCUT2D eigenvalue weighted by molar-refractivity contribution is 5.76. The first-order valence-electron chi connectivity index (χ1n) is 8.80. The van der Waals surface area contributed by atoms with Crippen molar-refractivity contribution in [2.45, 2.75) is 24.3 Å². The van der Waals surface area contributed by atoms with Gasteiger partial charge >= 0.3 is 17.4 Å². The molecule has 1 aromatic heterocycles. The van der Waals surface area contributed by atoms with E-state index in [0.717, 1.165) is 11.8 Å². The summed E-state index contributed by atoms with van der Waals surface area (Å²) in [6.45, 7) is -0.606. The predicted octanol–water partition coefficient (Wildman–Crippen LogP) is -0.724. The van der Waals surface area contributed by atoms with E-state index < -0.39 is 47.7 Å². The fourth-order valence-electron chi connectivity index (χ4n) is 2.92. The Morgan fingerprint density at radius 1 is 1.40 bits per heavy atom. The first kappa shape index (κ1) is 20.8. The van der Waals surface area contributed by atoms with Gasteiger partial charge in [-0.05, 0) is 18.1 Å². The van der Waals surface area contributed by atoms with Gasteiger partial charge in [0.2, 0.25) is 0 Å². The maximum absolute atomic E-state index is 12.2. The van der Waals surface area contributed by atoms with Crippen LogP contribution in [0.5, 0.6) is 0 Å². The van der Waals surface area contributed by atoms with Crippen molar-refractivity contribution in [3.63, 3.8) is 0 Å². The summed E-state index contributed by atoms with van der Waals surface area (Å²) in [7, 11) is 0. The van der Waals surface area contributed by atoms with Gasteiger partial charge in [-0.25, -0.2) is 9.36 Å². The number of nitrogen functional groups attached to an aromatic ring is 1. The molecular formula is C19H19N5O6. The maximum Gasteiger partial charge on any atom is 0.353 e. The van der Waals surface area contributed by atoms with E-state index in [1.54, 1.807) is 30.3 Å². The molecule has 0 amide bonds. The zero-order valence-corrected chi connectivity index (χ0v) is 15.6. The highest BCUT2D eigenvalue weighted by atomic mass is 16.6. The molecule has 0 saturated heterocycles. The molecule has 1 aliphatic heterocycles. The minimum atomic E-state index is -2.34. The molecule has 3 rings (SSSR count). The lowest BCUT2D eigenvalue weighted by Gasteiger charge is -2.26. The molecule has 2 heterocycles. The highest BCUT2D eigenvalue weighted by Gasteiger charge is 2.53. The summed E-state index contributed by atoms with van der Waals surface area (Å²) in [5.74, 6) is -2.04. The van der Waals surface area contributed by atoms with Crippen LogP contribution < -0.4 is 17.2 Å². The van der Waals surface area contributed by atoms with Crippen molar-refractivity contribution in [1.82, 2.24) is 9.55 Å². The van der Waals surface area contributed by atoms with Crippen LogP contribution >= 0.6 is 0 Å². The third-order valence-corrected chi connectivity index (χ3v) is 4.48. The average Bonchev–Trinajstić information content (AvgIpc) is 2.98. The quantitative estimate of drug-likeness (QED) is 0.440. The third kappa shape index (κ3) is 3.82. The fourth-order valence-corrected chi connectivity index (χ4v) is 2.92. The molecule has 1 aliphatic rings. The molecule has 30 heavy (non-hydrogen) atoms. The summed E-state index contributed by atoms with van der Waals surface area (Å²) >= 11 is 0. The monoisotopic (exact) mass is 413 g/mol. The second-order valence-corrected chi connectivity index (χ2v) is 6.53. The Kier molecular flexibility index (Phi) is 5.72. The highest BCUT2D eigenvalue weighted by Crippen LogP contribution is 2.36. The topological polar surface area (TPSA) is 187 Å². The molecule has 0 radical (unpaired) electrons. The number of esters is 1. The SMILES string of the molecule is N#C[C@@]1(n2ccc(N)nc2=O)OC(COC(=O)[C@@H](N)Cc2ccccc2)=C(O)C1O. The lowest BCUT2D eigenvalue weighted by Crippen LogP contribution is -2.48. The number of nitriles is 1. The van der Waals surface area contributed by atoms with Crippen molar-refractivity contribution in [3.05, 3.63) is 70.2 Å². The Balaban J connectivity index is 1.72. The van der Waals surface area contributed by atoms with Gasteiger partial charge in [0, 0.05) is 6.20 Å². The molecule has 1 unspecified atom stereocenters. The van der Waals surface area contributed by atoms with Crippen molar-refractivity contribution in [1.29, 1.82) is 5.26 Å². The van der Waals surface area contributed by atoms with Gasteiger partial charge < -0.3 is 31.2 Å². The van der Waals surface area contributed by atoms with Crippen molar-refractivity contribution < 1.29 is 24.5 Å². The van der Waals surface area contributed by atoms with Crippen LogP contribution in [0.2, 0.25) is 0 Å². The Hall–Kier alpha value is -3.88. The molecule has 0 spiro atoms. The Labute approximate surface area is 170 Å². The van der Waals surface area contributed by atoms with Crippen molar-refractivity contribution >= 4 is 11.8 Å². The van der Waals surface area contributed by atoms with Gasteiger partial charge in [0.1, 0.15) is 17.9 Å². The molecule has 0 bridgehead atoms. The number of carbonyl (C=O) groups excluding carboxylic acids is 1. The second-order valence-electron chi connectivity index (χ2n) is 6.53. The number of aromatic nitrogens is 2. The molecule has 0 fully saturated rings. The standard InChI is InChI=1S/C19H19N5O6/c20-10-19(24-7-6-14(22)23-18(24)28)16(26)15(25)13(30-19)9-29-17(27)12(21)8-11-4-2-1-3-5-11/h1-7,12,16,25-26H,8-9,21H2,(H2,22,23,28)/t12-,16?,19+/m0/s1. The first-order valence-corrected chi connectivity index (χ1v) is 8.80. The van der Waals surface area contributed by atoms with E-state index in [1.807, 2.05) is 6.07 Å². The maximum atomic E-state index is 12.2. The average molecular weight is 413 g/mol. The van der Waals surface area contributed by atoms with E-state index in [4.69, 9.17) is 20.9 Å². The van der Waals surface area contributed by atoms with E-state index in [-0.39, 0.29) is 12.2 Å². The number of nitrogens with zero attached hydrogens (tertiary/aromatic N) is 3. The Morgan fingerprint density at radius 3 is 2.73 bits per heavy atom. The summed E-state index contributed by atoms with van der Waals surface area (Å²) in [5, 5.41) is 30.1. The van der Waals surface area contributed by atoms with E-state index in [1.165, 1.54) is 6.07 Å². The molecule has 156 valence electrons. The van der Waals surface area contributed by atoms with Gasteiger partial charge in [-0.15, -0.1) is 0 Å². The fraction of sp³-hybridized carbons (Fsp3) is 0.263. The Bertz CT molecular complexity index is 1080. The number of ether oxygens (including phenoxy) is 2. The van der Waals surface area contributed by atoms with Gasteiger partial charge in [-0.3, -0.25) is 4.79 Å². The Morgan fingerprint density at radius 2 is 2.10 bits per heavy atom. The van der Waals surface area contributed by atoms with Gasteiger partial charge in [-0.2, -0.15) is 10.2 Å². The van der Waals surface area contributed by atoms with Gasteiger partial charge in [0.15, 0.2) is 24.2 Å². The molecule has 11 nitrogen and oxygen atoms in total. The lowest BCUT2D eigenvalue weighted by molar-refractivity contribution is -0.146. The lowest BCUT2D eigenvalue weighted by atomic mass is 10.1. The number of hydrogen-bond donors (Lipinski definition) is 4. The molecule has 11 heteroatoms. The van der Waals surface area contributed by atoms with Crippen LogP contribution in [0, 0.1) is 11.3 Å². The van der Waals surface area contributed by atoms with Gasteiger partial charge in [-0.1, -0.05) is 30.3 Å². The molecule has 0 aliphatic carbocycles. The van der Waals surface area contributed by atoms with E-state index in [0.29, 0.717) is 4.57 Å². The summed E-state index contributed by atoms with van der Waals surface area (Å²) in [4.78, 5) is 27.8. The van der Waals surface area contributed by atoms with Crippen LogP contribution in [0.15, 0.2) is 58.9 Å². The van der Waals surface area contributed by atoms with Crippen LogP contribution in [0.4, 0.5) is 5.82 Å². The zero-order chi connectivity index (χ0) is 21.9. The number of aliphatic hydroxyl groups is 2. The van der Waals surface area contributed by atoms with E-state index in [9.17, 15) is 25.1 Å². The number of aliphatic hydroxyl groups excluding tert-OH is 2. The zero-order valence-electron chi connectivity index (χ0n) is 15.6. The number of hydrogen-bond acceptors (Lipinski definition) is 10. The van der Waals surface area contributed by atoms with Crippen LogP contribution in [0.1, 0.15) is 5.56 Å². The molecule has 0 saturated carbocycles. The summed E-state index contributed by atoms with van der Waals surface area (Å²) in [5.41, 5.74) is 8.78. The molecule has 3 atom stereocenters. The van der Waals surface area contributed by atoms with Crippen molar-refractivity contribution in [2.24, 2.45) is 5.73 Å². The number of rotatable bonds is 6. The van der Waals surface area contributed by atoms with Gasteiger partial charge in [0.05, 0.1) is 0 Å². The molecular weight excluding hydrogens is 394 g/mol. The van der Waals surface area contributed by atoms with Gasteiger partial charge in [0.25, 0.3) is 0 Å². The normalized spacial score (nSPS) is 21.6. The smallest absolute Gasteiger partial charge is 0.353 e. The molecule has 6 N–H and O–H groups in total. The summed E-state index contributed by atoms with van der Waals surface area (Å²) in [6.07, 6.45) is -0.616. The number of benzene rings is 1. The van der Waals surface area contributed by atoms with Crippen LogP contribution in [-0.2, 0) is 26.4 Å². The summed E-state index contributed by atoms with van der Waals surface area (Å²) in [6, 6.07) is 10.9. The number of carbonyl (C=O) groups is 1. The number of anilines is 1. The summed E-state index contributed by atoms with van der Waals surface area (Å²) < 4.78 is 11.1. The first-order chi connectivity index (χ1) is 14.3. The van der Waals surface area contributed by atoms with Crippen molar-refractivity contribution in [3.8, 4) is 6.07 Å². The van der Waals surface area contributed by atoms with E-state index >= 15 is 0 Å². The molecule has 1 aromatic carbocycles. The van der Waals surface area contributed by atoms with E-state index in [2.05, 4.69) is 4.98 Å². The third-order valence-electron chi connectivity index (χ3n) is 4.48. The molecule has 2 aromatic rings. The van der Waals surface area contributed by atoms with Crippen LogP contribution in [-0.4, -0.2) is 44.5 Å². The van der Waals surface area contributed by atoms with Crippen molar-refractivity contribution in [2.75, 3.05) is 12.3 Å². The second kappa shape index (κ2) is 8.24. The van der Waals surface area contributed by atoms with Crippen LogP contribution in [0.25, 0.3) is 0 Å². The minimum Gasteiger partial charge on any atom is -0.506 e. The van der Waals surface area contributed by atoms with Crippen LogP contribution in [0.3, 0.4) is 0 Å². The predicted molar refractivity (Wildman–Crippen MR) is 102 cm³/mol. The largest absolute Gasteiger partial charge is 0.506 e.